The molecule has 0 amide bonds. The van der Waals surface area contributed by atoms with Gasteiger partial charge in [0.1, 0.15) is 5.75 Å². The Labute approximate surface area is 92.2 Å². The SMILES string of the molecule is CCC(C)C(=O)CS(=O)(=O)C1CCCC1. The molecule has 4 heteroatoms. The molecule has 1 atom stereocenters. The highest BCUT2D eigenvalue weighted by molar-refractivity contribution is 7.92. The molecule has 15 heavy (non-hydrogen) atoms. The summed E-state index contributed by atoms with van der Waals surface area (Å²) in [5.41, 5.74) is 0. The summed E-state index contributed by atoms with van der Waals surface area (Å²) in [4.78, 5) is 11.6. The average Bonchev–Trinajstić information content (AvgIpc) is 2.69. The number of rotatable bonds is 5. The number of hydrogen-bond donors (Lipinski definition) is 0. The van der Waals surface area contributed by atoms with E-state index in [4.69, 9.17) is 0 Å². The highest BCUT2D eigenvalue weighted by atomic mass is 32.2. The van der Waals surface area contributed by atoms with Gasteiger partial charge in [0, 0.05) is 5.92 Å². The summed E-state index contributed by atoms with van der Waals surface area (Å²) in [5, 5.41) is -0.245. The van der Waals surface area contributed by atoms with Gasteiger partial charge in [-0.2, -0.15) is 0 Å². The van der Waals surface area contributed by atoms with Crippen LogP contribution in [0.4, 0.5) is 0 Å². The molecule has 1 unspecified atom stereocenters. The molecule has 0 bridgehead atoms. The van der Waals surface area contributed by atoms with Crippen LogP contribution in [-0.4, -0.2) is 25.2 Å². The van der Waals surface area contributed by atoms with Crippen LogP contribution in [0.2, 0.25) is 0 Å². The van der Waals surface area contributed by atoms with Gasteiger partial charge < -0.3 is 0 Å². The van der Waals surface area contributed by atoms with Crippen LogP contribution >= 0.6 is 0 Å². The Kier molecular flexibility index (Phi) is 4.32. The summed E-state index contributed by atoms with van der Waals surface area (Å²) in [6.07, 6.45) is 4.19. The number of carbonyl (C=O) groups excluding carboxylic acids is 1. The third kappa shape index (κ3) is 3.30. The molecular weight excluding hydrogens is 212 g/mol. The van der Waals surface area contributed by atoms with Crippen molar-refractivity contribution in [1.29, 1.82) is 0 Å². The molecule has 1 rings (SSSR count). The first kappa shape index (κ1) is 12.7. The molecule has 0 N–H and O–H groups in total. The minimum absolute atomic E-state index is 0.121. The molecule has 3 nitrogen and oxygen atoms in total. The lowest BCUT2D eigenvalue weighted by Gasteiger charge is -2.12. The minimum Gasteiger partial charge on any atom is -0.298 e. The van der Waals surface area contributed by atoms with E-state index in [9.17, 15) is 13.2 Å². The van der Waals surface area contributed by atoms with Crippen LogP contribution in [0.15, 0.2) is 0 Å². The molecule has 1 aliphatic carbocycles. The van der Waals surface area contributed by atoms with Gasteiger partial charge in [-0.25, -0.2) is 8.42 Å². The number of ketones is 1. The molecule has 0 radical (unpaired) electrons. The maximum absolute atomic E-state index is 11.8. The van der Waals surface area contributed by atoms with E-state index in [0.29, 0.717) is 0 Å². The second-order valence-corrected chi connectivity index (χ2v) is 6.77. The number of Topliss-reactive ketones (excluding diaryl/α,β-unsaturated/α-hetero) is 1. The number of sulfone groups is 1. The van der Waals surface area contributed by atoms with Gasteiger partial charge in [0.25, 0.3) is 0 Å². The molecule has 0 spiro atoms. The Morgan fingerprint density at radius 2 is 1.87 bits per heavy atom. The highest BCUT2D eigenvalue weighted by Crippen LogP contribution is 2.25. The van der Waals surface area contributed by atoms with E-state index in [2.05, 4.69) is 0 Å². The quantitative estimate of drug-likeness (QED) is 0.728. The van der Waals surface area contributed by atoms with E-state index >= 15 is 0 Å². The summed E-state index contributed by atoms with van der Waals surface area (Å²) in [5.74, 6) is -0.488. The van der Waals surface area contributed by atoms with Crippen molar-refractivity contribution in [3.8, 4) is 0 Å². The Balaban J connectivity index is 2.59. The fourth-order valence-electron chi connectivity index (χ4n) is 1.93. The van der Waals surface area contributed by atoms with Gasteiger partial charge >= 0.3 is 0 Å². The zero-order valence-corrected chi connectivity index (χ0v) is 10.3. The average molecular weight is 232 g/mol. The first-order valence-electron chi connectivity index (χ1n) is 5.71. The summed E-state index contributed by atoms with van der Waals surface area (Å²) in [6.45, 7) is 3.71. The maximum atomic E-state index is 11.8. The molecule has 0 aromatic heterocycles. The van der Waals surface area contributed by atoms with E-state index in [1.807, 2.05) is 6.92 Å². The van der Waals surface area contributed by atoms with Gasteiger partial charge in [0.05, 0.1) is 5.25 Å². The van der Waals surface area contributed by atoms with Crippen molar-refractivity contribution in [2.75, 3.05) is 5.75 Å². The summed E-state index contributed by atoms with van der Waals surface area (Å²) in [6, 6.07) is 0. The van der Waals surface area contributed by atoms with E-state index in [1.54, 1.807) is 6.92 Å². The standard InChI is InChI=1S/C11H20O3S/c1-3-9(2)11(12)8-15(13,14)10-6-4-5-7-10/h9-10H,3-8H2,1-2H3. The largest absolute Gasteiger partial charge is 0.298 e. The molecule has 0 heterocycles. The van der Waals surface area contributed by atoms with Crippen LogP contribution in [0, 0.1) is 5.92 Å². The van der Waals surface area contributed by atoms with E-state index in [0.717, 1.165) is 32.1 Å². The molecule has 0 aromatic carbocycles. The van der Waals surface area contributed by atoms with Crippen LogP contribution in [0.3, 0.4) is 0 Å². The molecule has 88 valence electrons. The second kappa shape index (κ2) is 5.10. The van der Waals surface area contributed by atoms with Crippen LogP contribution in [0.5, 0.6) is 0 Å². The first-order chi connectivity index (χ1) is 6.97. The third-order valence-electron chi connectivity index (χ3n) is 3.32. The predicted molar refractivity (Wildman–Crippen MR) is 60.5 cm³/mol. The zero-order valence-electron chi connectivity index (χ0n) is 9.53. The van der Waals surface area contributed by atoms with Gasteiger partial charge in [-0.15, -0.1) is 0 Å². The monoisotopic (exact) mass is 232 g/mol. The van der Waals surface area contributed by atoms with Gasteiger partial charge in [-0.05, 0) is 19.3 Å². The van der Waals surface area contributed by atoms with Crippen molar-refractivity contribution in [2.45, 2.75) is 51.2 Å². The Hall–Kier alpha value is -0.380. The first-order valence-corrected chi connectivity index (χ1v) is 7.43. The summed E-state index contributed by atoms with van der Waals surface area (Å²) >= 11 is 0. The van der Waals surface area contributed by atoms with Crippen molar-refractivity contribution in [1.82, 2.24) is 0 Å². The van der Waals surface area contributed by atoms with Crippen LogP contribution in [0.25, 0.3) is 0 Å². The molecule has 0 aliphatic heterocycles. The van der Waals surface area contributed by atoms with Crippen molar-refractivity contribution in [3.63, 3.8) is 0 Å². The van der Waals surface area contributed by atoms with Gasteiger partial charge in [-0.3, -0.25) is 4.79 Å². The third-order valence-corrected chi connectivity index (χ3v) is 5.49. The van der Waals surface area contributed by atoms with E-state index in [-0.39, 0.29) is 22.7 Å². The molecule has 1 saturated carbocycles. The smallest absolute Gasteiger partial charge is 0.160 e. The fraction of sp³-hybridized carbons (Fsp3) is 0.909. The Morgan fingerprint density at radius 3 is 2.33 bits per heavy atom. The van der Waals surface area contributed by atoms with Crippen molar-refractivity contribution >= 4 is 15.6 Å². The lowest BCUT2D eigenvalue weighted by Crippen LogP contribution is -2.28. The lowest BCUT2D eigenvalue weighted by molar-refractivity contribution is -0.119. The topological polar surface area (TPSA) is 51.2 Å². The second-order valence-electron chi connectivity index (χ2n) is 4.49. The van der Waals surface area contributed by atoms with Crippen molar-refractivity contribution < 1.29 is 13.2 Å². The van der Waals surface area contributed by atoms with Crippen LogP contribution in [0.1, 0.15) is 46.0 Å². The lowest BCUT2D eigenvalue weighted by atomic mass is 10.1. The highest BCUT2D eigenvalue weighted by Gasteiger charge is 2.31. The molecule has 1 aliphatic rings. The number of hydrogen-bond acceptors (Lipinski definition) is 3. The van der Waals surface area contributed by atoms with Crippen LogP contribution < -0.4 is 0 Å². The van der Waals surface area contributed by atoms with Crippen molar-refractivity contribution in [2.24, 2.45) is 5.92 Å². The maximum Gasteiger partial charge on any atom is 0.160 e. The minimum atomic E-state index is -3.16. The summed E-state index contributed by atoms with van der Waals surface area (Å²) < 4.78 is 23.7. The molecule has 1 fully saturated rings. The normalized spacial score (nSPS) is 20.4. The van der Waals surface area contributed by atoms with Gasteiger partial charge in [0.2, 0.25) is 0 Å². The Bertz CT molecular complexity index is 313. The molecule has 0 saturated heterocycles. The molecule has 0 aromatic rings. The summed E-state index contributed by atoms with van der Waals surface area (Å²) in [7, 11) is -3.16. The van der Waals surface area contributed by atoms with E-state index < -0.39 is 9.84 Å². The van der Waals surface area contributed by atoms with Crippen molar-refractivity contribution in [3.05, 3.63) is 0 Å². The van der Waals surface area contributed by atoms with E-state index in [1.165, 1.54) is 0 Å². The van der Waals surface area contributed by atoms with Gasteiger partial charge in [0.15, 0.2) is 15.6 Å². The zero-order chi connectivity index (χ0) is 11.5. The fourth-order valence-corrected chi connectivity index (χ4v) is 3.90. The number of carbonyl (C=O) groups is 1. The Morgan fingerprint density at radius 1 is 1.33 bits per heavy atom. The van der Waals surface area contributed by atoms with Crippen LogP contribution in [-0.2, 0) is 14.6 Å². The van der Waals surface area contributed by atoms with Gasteiger partial charge in [-0.1, -0.05) is 26.7 Å². The molecular formula is C11H20O3S. The predicted octanol–water partition coefficient (Wildman–Crippen LogP) is 1.96.